The van der Waals surface area contributed by atoms with Crippen LogP contribution in [0.5, 0.6) is 0 Å². The van der Waals surface area contributed by atoms with Gasteiger partial charge in [-0.1, -0.05) is 24.3 Å². The summed E-state index contributed by atoms with van der Waals surface area (Å²) in [7, 11) is 3.04. The summed E-state index contributed by atoms with van der Waals surface area (Å²) >= 11 is 0. The molecule has 1 aromatic heterocycles. The first kappa shape index (κ1) is 25.1. The molecule has 1 heterocycles. The number of hydrogen-bond donors (Lipinski definition) is 1. The number of ether oxygens (including phenoxy) is 2. The summed E-state index contributed by atoms with van der Waals surface area (Å²) in [6.45, 7) is 4.35. The van der Waals surface area contributed by atoms with Gasteiger partial charge in [0.25, 0.3) is 5.56 Å². The van der Waals surface area contributed by atoms with E-state index in [1.165, 1.54) is 25.5 Å². The molecule has 0 saturated heterocycles. The number of rotatable bonds is 6. The molecule has 1 aromatic carbocycles. The quantitative estimate of drug-likeness (QED) is 0.521. The van der Waals surface area contributed by atoms with Gasteiger partial charge in [-0.25, -0.2) is 4.79 Å². The molecular weight excluding hydrogens is 414 g/mol. The van der Waals surface area contributed by atoms with Gasteiger partial charge in [-0.15, -0.1) is 12.4 Å². The van der Waals surface area contributed by atoms with Gasteiger partial charge in [0.05, 0.1) is 5.56 Å². The van der Waals surface area contributed by atoms with Crippen molar-refractivity contribution in [3.8, 4) is 11.1 Å². The van der Waals surface area contributed by atoms with E-state index in [4.69, 9.17) is 15.2 Å². The zero-order valence-corrected chi connectivity index (χ0v) is 18.3. The zero-order valence-electron chi connectivity index (χ0n) is 17.5. The average Bonchev–Trinajstić information content (AvgIpc) is 2.65. The topological polar surface area (TPSA) is 123 Å². The van der Waals surface area contributed by atoms with Crippen LogP contribution in [0, 0.1) is 6.92 Å². The Labute approximate surface area is 179 Å². The van der Waals surface area contributed by atoms with Gasteiger partial charge in [0, 0.05) is 33.6 Å². The third-order valence-corrected chi connectivity index (χ3v) is 4.57. The highest BCUT2D eigenvalue weighted by atomic mass is 35.5. The van der Waals surface area contributed by atoms with E-state index in [-0.39, 0.29) is 30.1 Å². The minimum absolute atomic E-state index is 0. The second-order valence-electron chi connectivity index (χ2n) is 6.79. The van der Waals surface area contributed by atoms with Crippen molar-refractivity contribution >= 4 is 24.3 Å². The second-order valence-corrected chi connectivity index (χ2v) is 6.79. The number of aromatic nitrogens is 2. The highest BCUT2D eigenvalue weighted by molar-refractivity contribution is 5.85. The SMILES string of the molecule is CC(=O)OC(C)OC(=O)C(N)Cc1ccc(-c2c(C)n(C)c(=O)n(C)c2=O)cc1.Cl. The predicted octanol–water partition coefficient (Wildman–Crippen LogP) is 0.803. The van der Waals surface area contributed by atoms with E-state index in [0.717, 1.165) is 10.1 Å². The maximum absolute atomic E-state index is 12.5. The van der Waals surface area contributed by atoms with E-state index < -0.39 is 24.3 Å². The van der Waals surface area contributed by atoms with E-state index in [0.29, 0.717) is 16.8 Å². The first-order valence-corrected chi connectivity index (χ1v) is 9.02. The van der Waals surface area contributed by atoms with Crippen LogP contribution in [0.25, 0.3) is 11.1 Å². The monoisotopic (exact) mass is 439 g/mol. The number of hydrogen-bond acceptors (Lipinski definition) is 7. The van der Waals surface area contributed by atoms with Crippen molar-refractivity contribution in [1.29, 1.82) is 0 Å². The maximum Gasteiger partial charge on any atom is 0.330 e. The Balaban J connectivity index is 0.00000450. The van der Waals surface area contributed by atoms with Gasteiger partial charge in [-0.05, 0) is 24.5 Å². The first-order chi connectivity index (χ1) is 13.5. The molecule has 164 valence electrons. The molecule has 2 atom stereocenters. The smallest absolute Gasteiger partial charge is 0.330 e. The molecule has 0 saturated carbocycles. The Morgan fingerprint density at radius 2 is 1.63 bits per heavy atom. The molecule has 0 amide bonds. The number of nitrogens with zero attached hydrogens (tertiary/aromatic N) is 2. The van der Waals surface area contributed by atoms with Crippen LogP contribution in [0.2, 0.25) is 0 Å². The first-order valence-electron chi connectivity index (χ1n) is 9.02. The van der Waals surface area contributed by atoms with Crippen molar-refractivity contribution in [3.05, 3.63) is 56.4 Å². The third kappa shape index (κ3) is 5.58. The van der Waals surface area contributed by atoms with Crippen LogP contribution in [0.4, 0.5) is 0 Å². The summed E-state index contributed by atoms with van der Waals surface area (Å²) in [5.74, 6) is -1.25. The van der Waals surface area contributed by atoms with Gasteiger partial charge in [-0.2, -0.15) is 0 Å². The van der Waals surface area contributed by atoms with Crippen LogP contribution in [0.3, 0.4) is 0 Å². The van der Waals surface area contributed by atoms with Gasteiger partial charge in [0.1, 0.15) is 6.04 Å². The molecule has 2 N–H and O–H groups in total. The van der Waals surface area contributed by atoms with Crippen molar-refractivity contribution in [2.75, 3.05) is 0 Å². The molecule has 9 nitrogen and oxygen atoms in total. The maximum atomic E-state index is 12.5. The number of nitrogens with two attached hydrogens (primary N) is 1. The number of carbonyl (C=O) groups is 2. The lowest BCUT2D eigenvalue weighted by Crippen LogP contribution is -2.39. The van der Waals surface area contributed by atoms with E-state index >= 15 is 0 Å². The van der Waals surface area contributed by atoms with E-state index in [2.05, 4.69) is 0 Å². The Kier molecular flexibility index (Phi) is 8.56. The third-order valence-electron chi connectivity index (χ3n) is 4.57. The number of esters is 2. The number of benzene rings is 1. The molecule has 2 aromatic rings. The van der Waals surface area contributed by atoms with Crippen LogP contribution in [0.1, 0.15) is 25.1 Å². The summed E-state index contributed by atoms with van der Waals surface area (Å²) < 4.78 is 12.2. The molecule has 0 radical (unpaired) electrons. The van der Waals surface area contributed by atoms with Crippen LogP contribution in [-0.4, -0.2) is 33.4 Å². The van der Waals surface area contributed by atoms with Crippen LogP contribution in [0.15, 0.2) is 33.9 Å². The summed E-state index contributed by atoms with van der Waals surface area (Å²) in [4.78, 5) is 47.4. The molecule has 10 heteroatoms. The Hall–Kier alpha value is -2.91. The molecular formula is C20H26ClN3O6. The van der Waals surface area contributed by atoms with Gasteiger partial charge < -0.3 is 19.8 Å². The fraction of sp³-hybridized carbons (Fsp3) is 0.400. The van der Waals surface area contributed by atoms with E-state index in [1.807, 2.05) is 0 Å². The molecule has 0 aliphatic rings. The van der Waals surface area contributed by atoms with Crippen molar-refractivity contribution in [2.24, 2.45) is 19.8 Å². The average molecular weight is 440 g/mol. The summed E-state index contributed by atoms with van der Waals surface area (Å²) in [5, 5.41) is 0. The molecule has 0 bridgehead atoms. The molecule has 0 spiro atoms. The predicted molar refractivity (Wildman–Crippen MR) is 113 cm³/mol. The second kappa shape index (κ2) is 10.2. The lowest BCUT2D eigenvalue weighted by atomic mass is 10.0. The molecule has 0 aliphatic carbocycles. The van der Waals surface area contributed by atoms with E-state index in [1.54, 1.807) is 38.2 Å². The minimum atomic E-state index is -1.02. The van der Waals surface area contributed by atoms with Gasteiger partial charge >= 0.3 is 17.6 Å². The van der Waals surface area contributed by atoms with Crippen molar-refractivity contribution in [3.63, 3.8) is 0 Å². The van der Waals surface area contributed by atoms with Crippen molar-refractivity contribution in [2.45, 2.75) is 39.5 Å². The van der Waals surface area contributed by atoms with Gasteiger partial charge in [0.15, 0.2) is 0 Å². The van der Waals surface area contributed by atoms with Gasteiger partial charge in [0.2, 0.25) is 6.29 Å². The normalized spacial score (nSPS) is 12.5. The summed E-state index contributed by atoms with van der Waals surface area (Å²) in [6, 6.07) is 6.04. The summed E-state index contributed by atoms with van der Waals surface area (Å²) in [5.41, 5.74) is 7.52. The van der Waals surface area contributed by atoms with Crippen molar-refractivity contribution in [1.82, 2.24) is 9.13 Å². The van der Waals surface area contributed by atoms with Gasteiger partial charge in [-0.3, -0.25) is 19.0 Å². The lowest BCUT2D eigenvalue weighted by molar-refractivity contribution is -0.183. The zero-order chi connectivity index (χ0) is 21.9. The Morgan fingerprint density at radius 3 is 2.17 bits per heavy atom. The molecule has 0 fully saturated rings. The fourth-order valence-corrected chi connectivity index (χ4v) is 2.93. The standard InChI is InChI=1S/C20H25N3O6.ClH/c1-11-17(18(25)23(5)20(27)22(11)4)15-8-6-14(7-9-15)10-16(21)19(26)29-13(3)28-12(2)24;/h6-9,13,16H,10,21H2,1-5H3;1H. The molecule has 0 aliphatic heterocycles. The fourth-order valence-electron chi connectivity index (χ4n) is 2.93. The Bertz CT molecular complexity index is 1040. The Morgan fingerprint density at radius 1 is 1.07 bits per heavy atom. The highest BCUT2D eigenvalue weighted by Crippen LogP contribution is 2.19. The minimum Gasteiger partial charge on any atom is -0.426 e. The van der Waals surface area contributed by atoms with E-state index in [9.17, 15) is 19.2 Å². The largest absolute Gasteiger partial charge is 0.426 e. The molecule has 2 rings (SSSR count). The van der Waals surface area contributed by atoms with Crippen LogP contribution < -0.4 is 17.0 Å². The van der Waals surface area contributed by atoms with Crippen molar-refractivity contribution < 1.29 is 19.1 Å². The lowest BCUT2D eigenvalue weighted by Gasteiger charge is -2.16. The molecule has 30 heavy (non-hydrogen) atoms. The number of carbonyl (C=O) groups excluding carboxylic acids is 2. The van der Waals surface area contributed by atoms with Crippen LogP contribution >= 0.6 is 12.4 Å². The van der Waals surface area contributed by atoms with Crippen LogP contribution in [-0.2, 0) is 39.6 Å². The highest BCUT2D eigenvalue weighted by Gasteiger charge is 2.20. The summed E-state index contributed by atoms with van der Waals surface area (Å²) in [6.07, 6.45) is -0.812. The molecule has 2 unspecified atom stereocenters. The number of halogens is 1.